The van der Waals surface area contributed by atoms with E-state index in [9.17, 15) is 23.1 Å². The number of amides is 1. The third-order valence-electron chi connectivity index (χ3n) is 7.27. The molecule has 12 heteroatoms. The molecule has 0 atom stereocenters. The maximum absolute atomic E-state index is 13.1. The number of thiazole rings is 1. The molecule has 2 aromatic heterocycles. The summed E-state index contributed by atoms with van der Waals surface area (Å²) in [6.07, 6.45) is 0.516. The maximum atomic E-state index is 13.1. The number of nitrogens with one attached hydrogen (secondary N) is 2. The Morgan fingerprint density at radius 3 is 2.69 bits per heavy atom. The van der Waals surface area contributed by atoms with Crippen LogP contribution in [0.15, 0.2) is 24.4 Å². The van der Waals surface area contributed by atoms with Gasteiger partial charge in [0.1, 0.15) is 5.60 Å². The molecule has 3 N–H and O–H groups in total. The van der Waals surface area contributed by atoms with E-state index in [1.807, 2.05) is 6.92 Å². The molecule has 5 rings (SSSR count). The van der Waals surface area contributed by atoms with E-state index in [1.165, 1.54) is 6.07 Å². The van der Waals surface area contributed by atoms with Crippen molar-refractivity contribution < 1.29 is 23.1 Å². The van der Waals surface area contributed by atoms with E-state index < -0.39 is 17.3 Å². The molecule has 0 spiro atoms. The highest BCUT2D eigenvalue weighted by atomic mass is 32.1. The smallest absolute Gasteiger partial charge is 0.384 e. The van der Waals surface area contributed by atoms with Gasteiger partial charge in [-0.2, -0.15) is 18.3 Å². The Morgan fingerprint density at radius 1 is 1.33 bits per heavy atom. The highest BCUT2D eigenvalue weighted by Gasteiger charge is 2.41. The quantitative estimate of drug-likeness (QED) is 0.459. The molecule has 1 amide bonds. The number of hydrogen-bond acceptors (Lipinski definition) is 7. The Morgan fingerprint density at radius 2 is 2.06 bits per heavy atom. The molecule has 0 bridgehead atoms. The van der Waals surface area contributed by atoms with Crippen molar-refractivity contribution in [1.82, 2.24) is 25.4 Å². The molecule has 2 aliphatic rings. The van der Waals surface area contributed by atoms with Gasteiger partial charge in [0, 0.05) is 37.8 Å². The van der Waals surface area contributed by atoms with Crippen LogP contribution in [-0.2, 0) is 16.6 Å². The monoisotopic (exact) mass is 522 g/mol. The van der Waals surface area contributed by atoms with Crippen LogP contribution in [0.3, 0.4) is 0 Å². The van der Waals surface area contributed by atoms with Crippen molar-refractivity contribution >= 4 is 34.0 Å². The fraction of sp³-hybridized carbons (Fsp3) is 0.542. The number of H-pyrrole nitrogens is 1. The zero-order valence-electron chi connectivity index (χ0n) is 20.1. The first kappa shape index (κ1) is 25.0. The first-order chi connectivity index (χ1) is 17.0. The van der Waals surface area contributed by atoms with Crippen LogP contribution in [0.5, 0.6) is 0 Å². The summed E-state index contributed by atoms with van der Waals surface area (Å²) in [5.41, 5.74) is -1.07. The number of aryl methyl sites for hydroxylation is 1. The summed E-state index contributed by atoms with van der Waals surface area (Å²) < 4.78 is 39.3. The molecule has 0 unspecified atom stereocenters. The topological polar surface area (TPSA) is 97.4 Å². The van der Waals surface area contributed by atoms with Crippen molar-refractivity contribution in [2.45, 2.75) is 56.5 Å². The average Bonchev–Trinajstić information content (AvgIpc) is 3.42. The molecule has 8 nitrogen and oxygen atoms in total. The number of aromatic nitrogens is 3. The van der Waals surface area contributed by atoms with Crippen molar-refractivity contribution in [2.24, 2.45) is 0 Å². The number of aliphatic hydroxyl groups is 1. The maximum Gasteiger partial charge on any atom is 0.416 e. The number of likely N-dealkylation sites (N-methyl/N-ethyl adjacent to an activating group) is 1. The van der Waals surface area contributed by atoms with Crippen LogP contribution >= 0.6 is 11.3 Å². The minimum atomic E-state index is -4.45. The van der Waals surface area contributed by atoms with Gasteiger partial charge in [-0.3, -0.25) is 14.8 Å². The lowest BCUT2D eigenvalue weighted by Crippen LogP contribution is -2.63. The second kappa shape index (κ2) is 9.31. The highest BCUT2D eigenvalue weighted by molar-refractivity contribution is 7.11. The number of nitrogens with zero attached hydrogens (tertiary/aromatic N) is 4. The second-order valence-electron chi connectivity index (χ2n) is 9.89. The van der Waals surface area contributed by atoms with Crippen LogP contribution in [0.2, 0.25) is 0 Å². The Balaban J connectivity index is 1.10. The summed E-state index contributed by atoms with van der Waals surface area (Å²) in [4.78, 5) is 21.7. The first-order valence-corrected chi connectivity index (χ1v) is 12.8. The minimum absolute atomic E-state index is 0.0164. The second-order valence-corrected chi connectivity index (χ2v) is 11.1. The Kier molecular flexibility index (Phi) is 6.46. The van der Waals surface area contributed by atoms with Gasteiger partial charge in [-0.1, -0.05) is 0 Å². The van der Waals surface area contributed by atoms with Gasteiger partial charge in [-0.15, -0.1) is 11.3 Å². The van der Waals surface area contributed by atoms with Crippen molar-refractivity contribution in [2.75, 3.05) is 31.6 Å². The van der Waals surface area contributed by atoms with E-state index in [4.69, 9.17) is 0 Å². The Bertz CT molecular complexity index is 1240. The molecule has 1 saturated heterocycles. The summed E-state index contributed by atoms with van der Waals surface area (Å²) in [5.74, 6) is 0.0937. The molecule has 2 fully saturated rings. The van der Waals surface area contributed by atoms with Crippen molar-refractivity contribution in [3.63, 3.8) is 0 Å². The summed E-state index contributed by atoms with van der Waals surface area (Å²) >= 11 is 1.55. The van der Waals surface area contributed by atoms with Gasteiger partial charge >= 0.3 is 6.18 Å². The van der Waals surface area contributed by atoms with Gasteiger partial charge in [0.15, 0.2) is 5.82 Å². The van der Waals surface area contributed by atoms with E-state index in [-0.39, 0.29) is 18.5 Å². The molecule has 3 heterocycles. The first-order valence-electron chi connectivity index (χ1n) is 12.0. The third-order valence-corrected chi connectivity index (χ3v) is 8.37. The number of aromatic amines is 1. The molecular weight excluding hydrogens is 493 g/mol. The SMILES string of the molecule is Cc1ncc(C2(O)CCC(N3CC(NC(=O)CN(C)c4n[nH]c5ccc(C(F)(F)F)cc45)C3)CC2)s1. The average molecular weight is 523 g/mol. The van der Waals surface area contributed by atoms with E-state index in [2.05, 4.69) is 25.4 Å². The van der Waals surface area contributed by atoms with Crippen LogP contribution < -0.4 is 10.2 Å². The number of benzene rings is 1. The Labute approximate surface area is 210 Å². The number of carbonyl (C=O) groups excluding carboxylic acids is 1. The van der Waals surface area contributed by atoms with E-state index in [0.29, 0.717) is 35.6 Å². The van der Waals surface area contributed by atoms with Gasteiger partial charge in [0.25, 0.3) is 0 Å². The molecule has 36 heavy (non-hydrogen) atoms. The molecule has 0 radical (unpaired) electrons. The van der Waals surface area contributed by atoms with Crippen LogP contribution in [-0.4, -0.2) is 69.9 Å². The molecular formula is C24H29F3N6O2S. The van der Waals surface area contributed by atoms with Gasteiger partial charge in [-0.05, 0) is 50.8 Å². The predicted octanol–water partition coefficient (Wildman–Crippen LogP) is 3.41. The number of anilines is 1. The normalized spacial score (nSPS) is 23.6. The minimum Gasteiger partial charge on any atom is -0.384 e. The lowest BCUT2D eigenvalue weighted by Gasteiger charge is -2.48. The van der Waals surface area contributed by atoms with E-state index in [0.717, 1.165) is 47.9 Å². The van der Waals surface area contributed by atoms with Crippen molar-refractivity contribution in [3.8, 4) is 0 Å². The highest BCUT2D eigenvalue weighted by Crippen LogP contribution is 2.41. The molecule has 3 aromatic rings. The van der Waals surface area contributed by atoms with Gasteiger partial charge in [0.2, 0.25) is 5.91 Å². The number of alkyl halides is 3. The fourth-order valence-electron chi connectivity index (χ4n) is 5.20. The van der Waals surface area contributed by atoms with Crippen LogP contribution in [0.1, 0.15) is 41.1 Å². The van der Waals surface area contributed by atoms with Gasteiger partial charge in [0.05, 0.1) is 33.6 Å². The molecule has 1 aliphatic carbocycles. The fourth-order valence-corrected chi connectivity index (χ4v) is 6.12. The Hall–Kier alpha value is -2.70. The van der Waals surface area contributed by atoms with E-state index in [1.54, 1.807) is 29.5 Å². The van der Waals surface area contributed by atoms with Gasteiger partial charge < -0.3 is 15.3 Å². The van der Waals surface area contributed by atoms with E-state index >= 15 is 0 Å². The number of carbonyl (C=O) groups is 1. The van der Waals surface area contributed by atoms with Crippen LogP contribution in [0.4, 0.5) is 19.0 Å². The predicted molar refractivity (Wildman–Crippen MR) is 131 cm³/mol. The lowest BCUT2D eigenvalue weighted by atomic mass is 9.80. The lowest BCUT2D eigenvalue weighted by molar-refractivity contribution is -0.137. The van der Waals surface area contributed by atoms with Crippen molar-refractivity contribution in [1.29, 1.82) is 0 Å². The summed E-state index contributed by atoms with van der Waals surface area (Å²) in [5, 5.41) is 22.2. The van der Waals surface area contributed by atoms with Crippen LogP contribution in [0, 0.1) is 6.92 Å². The number of rotatable bonds is 6. The molecule has 1 aliphatic heterocycles. The molecule has 1 aromatic carbocycles. The largest absolute Gasteiger partial charge is 0.416 e. The zero-order chi connectivity index (χ0) is 25.7. The standard InChI is InChI=1S/C24H29F3N6O2S/c1-14-28-10-20(36-14)23(35)7-5-17(6-8-23)33-11-16(12-33)29-21(34)13-32(2)22-18-9-15(24(25,26)27)3-4-19(18)30-31-22/h3-4,9-10,16-17,35H,5-8,11-13H2,1-2H3,(H,29,34)(H,30,31). The summed E-state index contributed by atoms with van der Waals surface area (Å²) in [6.45, 7) is 3.42. The van der Waals surface area contributed by atoms with Crippen LogP contribution in [0.25, 0.3) is 10.9 Å². The van der Waals surface area contributed by atoms with Crippen molar-refractivity contribution in [3.05, 3.63) is 39.8 Å². The number of likely N-dealkylation sites (tertiary alicyclic amines) is 1. The number of hydrogen-bond donors (Lipinski definition) is 3. The molecule has 1 saturated carbocycles. The number of fused-ring (bicyclic) bond motifs is 1. The zero-order valence-corrected chi connectivity index (χ0v) is 20.9. The third kappa shape index (κ3) is 4.94. The van der Waals surface area contributed by atoms with Gasteiger partial charge in [-0.25, -0.2) is 4.98 Å². The molecule has 194 valence electrons. The summed E-state index contributed by atoms with van der Waals surface area (Å²) in [7, 11) is 1.64. The summed E-state index contributed by atoms with van der Waals surface area (Å²) in [6, 6.07) is 3.81. The number of halogens is 3.